The Morgan fingerprint density at radius 3 is 2.41 bits per heavy atom. The number of carbonyl (C=O) groups excluding carboxylic acids is 1. The van der Waals surface area contributed by atoms with Crippen LogP contribution in [0.1, 0.15) is 15.9 Å². The molecule has 1 amide bonds. The number of aromatic nitrogens is 2. The zero-order valence-corrected chi connectivity index (χ0v) is 15.7. The first kappa shape index (κ1) is 19.5. The number of carbonyl (C=O) groups is 1. The smallest absolute Gasteiger partial charge is 0.355 e. The van der Waals surface area contributed by atoms with Crippen molar-refractivity contribution in [1.29, 1.82) is 0 Å². The van der Waals surface area contributed by atoms with Crippen LogP contribution in [0.4, 0.5) is 23.0 Å². The third-order valence-electron chi connectivity index (χ3n) is 4.05. The summed E-state index contributed by atoms with van der Waals surface area (Å²) < 4.78 is 5.04. The SMILES string of the molecule is COc1ccc(C(=O)NNc2ncnc(Nc3ccccc3C)c2[N+](=O)[O-])cc1. The molecule has 10 heteroatoms. The van der Waals surface area contributed by atoms with Crippen LogP contribution in [0, 0.1) is 17.0 Å². The average Bonchev–Trinajstić information content (AvgIpc) is 2.73. The molecule has 3 rings (SSSR count). The highest BCUT2D eigenvalue weighted by molar-refractivity contribution is 5.95. The number of amides is 1. The number of aryl methyl sites for hydroxylation is 1. The quantitative estimate of drug-likeness (QED) is 0.411. The molecule has 0 aliphatic heterocycles. The average molecular weight is 394 g/mol. The fraction of sp³-hybridized carbons (Fsp3) is 0.105. The molecule has 0 aliphatic carbocycles. The van der Waals surface area contributed by atoms with Crippen LogP contribution in [0.5, 0.6) is 5.75 Å². The Hall–Kier alpha value is -4.21. The van der Waals surface area contributed by atoms with E-state index in [4.69, 9.17) is 4.74 Å². The maximum Gasteiger partial charge on any atom is 0.355 e. The lowest BCUT2D eigenvalue weighted by Crippen LogP contribution is -2.30. The molecule has 0 aliphatic rings. The van der Waals surface area contributed by atoms with Crippen molar-refractivity contribution in [2.45, 2.75) is 6.92 Å². The zero-order valence-electron chi connectivity index (χ0n) is 15.7. The van der Waals surface area contributed by atoms with Gasteiger partial charge in [0.2, 0.25) is 11.6 Å². The topological polar surface area (TPSA) is 131 Å². The molecule has 0 bridgehead atoms. The van der Waals surface area contributed by atoms with E-state index in [0.29, 0.717) is 17.0 Å². The third kappa shape index (κ3) is 4.56. The number of methoxy groups -OCH3 is 1. The molecule has 2 aromatic carbocycles. The first-order valence-corrected chi connectivity index (χ1v) is 8.52. The zero-order chi connectivity index (χ0) is 20.8. The van der Waals surface area contributed by atoms with Crippen molar-refractivity contribution < 1.29 is 14.5 Å². The molecule has 0 spiro atoms. The van der Waals surface area contributed by atoms with Crippen LogP contribution < -0.4 is 20.9 Å². The molecule has 0 fully saturated rings. The number of benzene rings is 2. The molecule has 0 saturated heterocycles. The number of hydrazine groups is 1. The number of hydrogen-bond donors (Lipinski definition) is 3. The van der Waals surface area contributed by atoms with Crippen LogP contribution in [0.25, 0.3) is 0 Å². The Morgan fingerprint density at radius 1 is 1.07 bits per heavy atom. The van der Waals surface area contributed by atoms with Gasteiger partial charge in [-0.1, -0.05) is 18.2 Å². The lowest BCUT2D eigenvalue weighted by molar-refractivity contribution is -0.383. The lowest BCUT2D eigenvalue weighted by Gasteiger charge is -2.12. The molecule has 0 radical (unpaired) electrons. The number of rotatable bonds is 7. The largest absolute Gasteiger partial charge is 0.497 e. The maximum absolute atomic E-state index is 12.3. The number of anilines is 3. The molecule has 0 atom stereocenters. The fourth-order valence-corrected chi connectivity index (χ4v) is 2.51. The van der Waals surface area contributed by atoms with Crippen LogP contribution >= 0.6 is 0 Å². The molecule has 1 aromatic heterocycles. The molecule has 1 heterocycles. The van der Waals surface area contributed by atoms with E-state index in [-0.39, 0.29) is 11.6 Å². The summed E-state index contributed by atoms with van der Waals surface area (Å²) in [5.41, 5.74) is 6.40. The maximum atomic E-state index is 12.3. The van der Waals surface area contributed by atoms with E-state index < -0.39 is 16.5 Å². The van der Waals surface area contributed by atoms with Gasteiger partial charge in [-0.15, -0.1) is 0 Å². The molecule has 148 valence electrons. The Balaban J connectivity index is 1.81. The summed E-state index contributed by atoms with van der Waals surface area (Å²) in [6.45, 7) is 1.86. The summed E-state index contributed by atoms with van der Waals surface area (Å²) in [4.78, 5) is 31.1. The molecule has 0 saturated carbocycles. The minimum atomic E-state index is -0.623. The number of ether oxygens (including phenoxy) is 1. The first-order valence-electron chi connectivity index (χ1n) is 8.52. The standard InChI is InChI=1S/C19H18N6O4/c1-12-5-3-4-6-15(12)22-17-16(25(27)28)18(21-11-20-17)23-24-19(26)13-7-9-14(29-2)10-8-13/h3-11H,1-2H3,(H,24,26)(H2,20,21,22,23). The summed E-state index contributed by atoms with van der Waals surface area (Å²) >= 11 is 0. The molecular formula is C19H18N6O4. The fourth-order valence-electron chi connectivity index (χ4n) is 2.51. The monoisotopic (exact) mass is 394 g/mol. The molecule has 3 aromatic rings. The van der Waals surface area contributed by atoms with Crippen LogP contribution in [-0.4, -0.2) is 27.9 Å². The number of nitro groups is 1. The van der Waals surface area contributed by atoms with Crippen molar-refractivity contribution in [1.82, 2.24) is 15.4 Å². The van der Waals surface area contributed by atoms with Crippen LogP contribution in [0.2, 0.25) is 0 Å². The number of nitrogens with zero attached hydrogens (tertiary/aromatic N) is 3. The normalized spacial score (nSPS) is 10.1. The number of nitrogens with one attached hydrogen (secondary N) is 3. The predicted octanol–water partition coefficient (Wildman–Crippen LogP) is 3.20. The van der Waals surface area contributed by atoms with Gasteiger partial charge in [-0.05, 0) is 42.8 Å². The molecule has 10 nitrogen and oxygen atoms in total. The van der Waals surface area contributed by atoms with Crippen LogP contribution in [-0.2, 0) is 0 Å². The van der Waals surface area contributed by atoms with E-state index in [2.05, 4.69) is 26.1 Å². The number of hydrogen-bond acceptors (Lipinski definition) is 8. The minimum absolute atomic E-state index is 0.000460. The molecule has 29 heavy (non-hydrogen) atoms. The van der Waals surface area contributed by atoms with Crippen molar-refractivity contribution in [3.63, 3.8) is 0 Å². The molecule has 3 N–H and O–H groups in total. The van der Waals surface area contributed by atoms with Crippen molar-refractivity contribution >= 4 is 28.9 Å². The van der Waals surface area contributed by atoms with E-state index in [9.17, 15) is 14.9 Å². The second-order valence-corrected chi connectivity index (χ2v) is 5.92. The van der Waals surface area contributed by atoms with Crippen LogP contribution in [0.3, 0.4) is 0 Å². The number of para-hydroxylation sites is 1. The van der Waals surface area contributed by atoms with Gasteiger partial charge in [0.1, 0.15) is 12.1 Å². The van der Waals surface area contributed by atoms with Gasteiger partial charge in [0.15, 0.2) is 0 Å². The first-order chi connectivity index (χ1) is 14.0. The van der Waals surface area contributed by atoms with Crippen LogP contribution in [0.15, 0.2) is 54.9 Å². The van der Waals surface area contributed by atoms with Gasteiger partial charge in [-0.2, -0.15) is 0 Å². The highest BCUT2D eigenvalue weighted by Crippen LogP contribution is 2.31. The van der Waals surface area contributed by atoms with Crippen molar-refractivity contribution in [2.75, 3.05) is 17.9 Å². The highest BCUT2D eigenvalue weighted by Gasteiger charge is 2.24. The second kappa shape index (κ2) is 8.65. The van der Waals surface area contributed by atoms with Gasteiger partial charge in [0, 0.05) is 11.3 Å². The Labute approximate surface area is 166 Å². The minimum Gasteiger partial charge on any atom is -0.497 e. The molecule has 0 unspecified atom stereocenters. The van der Waals surface area contributed by atoms with Crippen molar-refractivity contribution in [3.8, 4) is 5.75 Å². The van der Waals surface area contributed by atoms with E-state index in [1.54, 1.807) is 36.4 Å². The summed E-state index contributed by atoms with van der Waals surface area (Å²) in [6, 6.07) is 13.7. The lowest BCUT2D eigenvalue weighted by atomic mass is 10.2. The Kier molecular flexibility index (Phi) is 5.83. The van der Waals surface area contributed by atoms with E-state index in [1.165, 1.54) is 7.11 Å². The summed E-state index contributed by atoms with van der Waals surface area (Å²) in [6.07, 6.45) is 1.16. The van der Waals surface area contributed by atoms with Gasteiger partial charge in [0.05, 0.1) is 12.0 Å². The van der Waals surface area contributed by atoms with Gasteiger partial charge in [-0.25, -0.2) is 9.97 Å². The second-order valence-electron chi connectivity index (χ2n) is 5.92. The van der Waals surface area contributed by atoms with E-state index >= 15 is 0 Å². The van der Waals surface area contributed by atoms with E-state index in [1.807, 2.05) is 19.1 Å². The molecular weight excluding hydrogens is 376 g/mol. The summed E-state index contributed by atoms with van der Waals surface area (Å²) in [5, 5.41) is 14.6. The van der Waals surface area contributed by atoms with E-state index in [0.717, 1.165) is 11.9 Å². The van der Waals surface area contributed by atoms with Gasteiger partial charge in [0.25, 0.3) is 5.91 Å². The Bertz CT molecular complexity index is 1040. The van der Waals surface area contributed by atoms with Gasteiger partial charge < -0.3 is 10.1 Å². The highest BCUT2D eigenvalue weighted by atomic mass is 16.6. The predicted molar refractivity (Wildman–Crippen MR) is 107 cm³/mol. The van der Waals surface area contributed by atoms with Gasteiger partial charge in [-0.3, -0.25) is 25.8 Å². The van der Waals surface area contributed by atoms with Crippen molar-refractivity contribution in [3.05, 3.63) is 76.1 Å². The summed E-state index contributed by atoms with van der Waals surface area (Å²) in [5.74, 6) is -0.0368. The van der Waals surface area contributed by atoms with Crippen molar-refractivity contribution in [2.24, 2.45) is 0 Å². The summed E-state index contributed by atoms with van der Waals surface area (Å²) in [7, 11) is 1.52. The van der Waals surface area contributed by atoms with Gasteiger partial charge >= 0.3 is 5.69 Å². The third-order valence-corrected chi connectivity index (χ3v) is 4.05. The Morgan fingerprint density at radius 2 is 1.76 bits per heavy atom.